The molecule has 182 valence electrons. The first kappa shape index (κ1) is 24.1. The van der Waals surface area contributed by atoms with Gasteiger partial charge in [0, 0.05) is 11.6 Å². The zero-order valence-electron chi connectivity index (χ0n) is 18.2. The van der Waals surface area contributed by atoms with Crippen LogP contribution < -0.4 is 10.9 Å². The first-order valence-electron chi connectivity index (χ1n) is 11.3. The van der Waals surface area contributed by atoms with Crippen molar-refractivity contribution >= 4 is 10.0 Å². The largest absolute Gasteiger partial charge is 0.417 e. The van der Waals surface area contributed by atoms with Crippen molar-refractivity contribution in [3.8, 4) is 11.4 Å². The van der Waals surface area contributed by atoms with E-state index in [1.807, 2.05) is 0 Å². The molecule has 0 spiro atoms. The average molecular weight is 487 g/mol. The van der Waals surface area contributed by atoms with Gasteiger partial charge in [-0.05, 0) is 79.5 Å². The number of nitrogens with one attached hydrogen (secondary N) is 1. The Hall–Kier alpha value is -2.05. The number of alkyl halides is 3. The third-order valence-electron chi connectivity index (χ3n) is 7.13. The lowest BCUT2D eigenvalue weighted by Crippen LogP contribution is -2.29. The van der Waals surface area contributed by atoms with E-state index < -0.39 is 26.7 Å². The fraction of sp³-hybridized carbons (Fsp3) is 0.667. The number of hydrogen-bond acceptors (Lipinski definition) is 6. The van der Waals surface area contributed by atoms with Crippen LogP contribution in [-0.4, -0.2) is 35.1 Å². The molecule has 5 N–H and O–H groups in total. The van der Waals surface area contributed by atoms with Gasteiger partial charge < -0.3 is 5.73 Å². The Morgan fingerprint density at radius 2 is 1.79 bits per heavy atom. The lowest BCUT2D eigenvalue weighted by molar-refractivity contribution is -0.139. The maximum absolute atomic E-state index is 13.7. The number of benzene rings is 1. The Morgan fingerprint density at radius 3 is 2.36 bits per heavy atom. The summed E-state index contributed by atoms with van der Waals surface area (Å²) in [4.78, 5) is -0.993. The van der Waals surface area contributed by atoms with Gasteiger partial charge in [0.25, 0.3) is 0 Å². The molecule has 1 heterocycles. The molecule has 0 bridgehead atoms. The molecule has 2 aliphatic rings. The van der Waals surface area contributed by atoms with Crippen LogP contribution in [-0.2, 0) is 16.2 Å². The van der Waals surface area contributed by atoms with Crippen LogP contribution in [0.1, 0.15) is 74.8 Å². The number of halogens is 3. The molecular weight excluding hydrogens is 457 g/mol. The Kier molecular flexibility index (Phi) is 6.79. The van der Waals surface area contributed by atoms with Crippen LogP contribution in [0.2, 0.25) is 0 Å². The van der Waals surface area contributed by atoms with E-state index in [1.54, 1.807) is 0 Å². The fourth-order valence-electron chi connectivity index (χ4n) is 5.68. The molecule has 0 aliphatic heterocycles. The summed E-state index contributed by atoms with van der Waals surface area (Å²) in [5, 5.41) is 18.5. The minimum absolute atomic E-state index is 0.119. The quantitative estimate of drug-likeness (QED) is 0.588. The highest BCUT2D eigenvalue weighted by molar-refractivity contribution is 7.89. The minimum Gasteiger partial charge on any atom is -0.328 e. The molecular formula is C21H29F3N6O2S. The highest BCUT2D eigenvalue weighted by Crippen LogP contribution is 2.46. The van der Waals surface area contributed by atoms with Gasteiger partial charge in [0.2, 0.25) is 15.8 Å². The molecule has 2 fully saturated rings. The van der Waals surface area contributed by atoms with Crippen molar-refractivity contribution in [2.24, 2.45) is 22.7 Å². The van der Waals surface area contributed by atoms with Crippen LogP contribution in [0.15, 0.2) is 17.0 Å². The summed E-state index contributed by atoms with van der Waals surface area (Å²) < 4.78 is 65.7. The summed E-state index contributed by atoms with van der Waals surface area (Å²) in [6.07, 6.45) is 4.05. The summed E-state index contributed by atoms with van der Waals surface area (Å²) in [5.74, 6) is 0.840. The standard InChI is InChI=1S/C21H29F3N6O2S/c22-21(23,24)17-9-8-16(18(19(17)33(26,31)32)20-27-29-30-28-20)14-6-4-12(5-7-14)10-13-2-1-3-15(25)11-13/h8-9,12-15H,1-7,10-11,25H2,(H2,26,31,32)(H,27,28,29,30). The molecule has 2 saturated carbocycles. The fourth-order valence-corrected chi connectivity index (χ4v) is 6.67. The number of nitrogens with two attached hydrogens (primary N) is 2. The summed E-state index contributed by atoms with van der Waals surface area (Å²) in [5.41, 5.74) is 5.06. The second-order valence-corrected chi connectivity index (χ2v) is 10.9. The second kappa shape index (κ2) is 9.30. The molecule has 12 heteroatoms. The van der Waals surface area contributed by atoms with E-state index in [9.17, 15) is 21.6 Å². The van der Waals surface area contributed by atoms with Gasteiger partial charge in [0.15, 0.2) is 0 Å². The van der Waals surface area contributed by atoms with Gasteiger partial charge in [-0.3, -0.25) is 0 Å². The van der Waals surface area contributed by atoms with Gasteiger partial charge in [0.1, 0.15) is 4.90 Å². The molecule has 1 aromatic heterocycles. The van der Waals surface area contributed by atoms with Crippen LogP contribution in [0.25, 0.3) is 11.4 Å². The lowest BCUT2D eigenvalue weighted by atomic mass is 9.72. The van der Waals surface area contributed by atoms with Crippen LogP contribution in [0.3, 0.4) is 0 Å². The molecule has 8 nitrogen and oxygen atoms in total. The molecule has 2 aliphatic carbocycles. The number of nitrogens with zero attached hydrogens (tertiary/aromatic N) is 3. The highest BCUT2D eigenvalue weighted by Gasteiger charge is 2.41. The number of aromatic nitrogens is 4. The molecule has 0 radical (unpaired) electrons. The van der Waals surface area contributed by atoms with Crippen molar-refractivity contribution < 1.29 is 21.6 Å². The molecule has 2 unspecified atom stereocenters. The lowest BCUT2D eigenvalue weighted by Gasteiger charge is -2.34. The van der Waals surface area contributed by atoms with Crippen LogP contribution in [0.4, 0.5) is 13.2 Å². The van der Waals surface area contributed by atoms with E-state index in [0.29, 0.717) is 17.4 Å². The monoisotopic (exact) mass is 486 g/mol. The van der Waals surface area contributed by atoms with Gasteiger partial charge in [-0.2, -0.15) is 18.4 Å². The van der Waals surface area contributed by atoms with Crippen LogP contribution >= 0.6 is 0 Å². The molecule has 0 saturated heterocycles. The third kappa shape index (κ3) is 5.38. The van der Waals surface area contributed by atoms with Crippen molar-refractivity contribution in [3.05, 3.63) is 23.3 Å². The van der Waals surface area contributed by atoms with Crippen molar-refractivity contribution in [2.75, 3.05) is 0 Å². The second-order valence-electron chi connectivity index (χ2n) is 9.43. The number of H-pyrrole nitrogens is 1. The van der Waals surface area contributed by atoms with Crippen molar-refractivity contribution in [2.45, 2.75) is 80.8 Å². The first-order valence-corrected chi connectivity index (χ1v) is 12.8. The van der Waals surface area contributed by atoms with E-state index in [0.717, 1.165) is 57.4 Å². The normalized spacial score (nSPS) is 26.9. The number of primary sulfonamides is 1. The number of sulfonamides is 1. The smallest absolute Gasteiger partial charge is 0.328 e. The zero-order valence-corrected chi connectivity index (χ0v) is 19.0. The molecule has 0 amide bonds. The van der Waals surface area contributed by atoms with Crippen molar-refractivity contribution in [3.63, 3.8) is 0 Å². The van der Waals surface area contributed by atoms with Gasteiger partial charge in [-0.15, -0.1) is 10.2 Å². The summed E-state index contributed by atoms with van der Waals surface area (Å²) >= 11 is 0. The predicted octanol–water partition coefficient (Wildman–Crippen LogP) is 3.71. The van der Waals surface area contributed by atoms with Gasteiger partial charge in [0.05, 0.1) is 5.56 Å². The third-order valence-corrected chi connectivity index (χ3v) is 8.12. The van der Waals surface area contributed by atoms with Gasteiger partial charge >= 0.3 is 6.18 Å². The molecule has 4 rings (SSSR count). The minimum atomic E-state index is -4.91. The van der Waals surface area contributed by atoms with Crippen LogP contribution in [0.5, 0.6) is 0 Å². The number of hydrogen-bond donors (Lipinski definition) is 3. The van der Waals surface area contributed by atoms with E-state index in [-0.39, 0.29) is 23.3 Å². The first-order chi connectivity index (χ1) is 15.5. The molecule has 2 atom stereocenters. The Bertz CT molecular complexity index is 1070. The van der Waals surface area contributed by atoms with Crippen LogP contribution in [0, 0.1) is 11.8 Å². The predicted molar refractivity (Wildman–Crippen MR) is 115 cm³/mol. The SMILES string of the molecule is NC1CCCC(CC2CCC(c3ccc(C(F)(F)F)c(S(N)(=O)=O)c3-c3nn[nH]n3)CC2)C1. The number of tetrazole rings is 1. The summed E-state index contributed by atoms with van der Waals surface area (Å²) in [6, 6.07) is 2.42. The summed E-state index contributed by atoms with van der Waals surface area (Å²) in [6.45, 7) is 0. The number of aromatic amines is 1. The van der Waals surface area contributed by atoms with Crippen molar-refractivity contribution in [1.29, 1.82) is 0 Å². The summed E-state index contributed by atoms with van der Waals surface area (Å²) in [7, 11) is -4.72. The Balaban J connectivity index is 1.63. The van der Waals surface area contributed by atoms with E-state index in [1.165, 1.54) is 12.5 Å². The molecule has 33 heavy (non-hydrogen) atoms. The maximum Gasteiger partial charge on any atom is 0.417 e. The van der Waals surface area contributed by atoms with E-state index >= 15 is 0 Å². The van der Waals surface area contributed by atoms with Gasteiger partial charge in [-0.25, -0.2) is 13.6 Å². The molecule has 1 aromatic carbocycles. The zero-order chi connectivity index (χ0) is 23.8. The van der Waals surface area contributed by atoms with Gasteiger partial charge in [-0.1, -0.05) is 18.9 Å². The Labute approximate surface area is 190 Å². The topological polar surface area (TPSA) is 141 Å². The van der Waals surface area contributed by atoms with E-state index in [2.05, 4.69) is 20.6 Å². The van der Waals surface area contributed by atoms with E-state index in [4.69, 9.17) is 10.9 Å². The highest BCUT2D eigenvalue weighted by atomic mass is 32.2. The number of rotatable bonds is 5. The molecule has 2 aromatic rings. The van der Waals surface area contributed by atoms with Crippen molar-refractivity contribution in [1.82, 2.24) is 20.6 Å². The average Bonchev–Trinajstić information content (AvgIpc) is 3.27. The maximum atomic E-state index is 13.7. The Morgan fingerprint density at radius 1 is 1.06 bits per heavy atom.